The summed E-state index contributed by atoms with van der Waals surface area (Å²) in [5.41, 5.74) is 0. The molecule has 2 atom stereocenters. The molecule has 1 fully saturated rings. The SMILES string of the molecule is CNC(C)c1nnc(NC(C)C(=O)N2CCCC2)o1. The lowest BCUT2D eigenvalue weighted by molar-refractivity contribution is -0.130. The van der Waals surface area contributed by atoms with Crippen LogP contribution in [-0.4, -0.2) is 47.2 Å². The third kappa shape index (κ3) is 3.23. The molecule has 0 aliphatic carbocycles. The van der Waals surface area contributed by atoms with Gasteiger partial charge >= 0.3 is 6.01 Å². The quantitative estimate of drug-likeness (QED) is 0.820. The van der Waals surface area contributed by atoms with Gasteiger partial charge in [-0.15, -0.1) is 5.10 Å². The Bertz CT molecular complexity index is 428. The van der Waals surface area contributed by atoms with Crippen molar-refractivity contribution in [2.24, 2.45) is 0 Å². The summed E-state index contributed by atoms with van der Waals surface area (Å²) in [6.07, 6.45) is 2.17. The van der Waals surface area contributed by atoms with Gasteiger partial charge in [0.15, 0.2) is 0 Å². The third-order valence-electron chi connectivity index (χ3n) is 3.37. The summed E-state index contributed by atoms with van der Waals surface area (Å²) in [4.78, 5) is 14.0. The first-order valence-electron chi connectivity index (χ1n) is 6.68. The van der Waals surface area contributed by atoms with E-state index in [0.717, 1.165) is 25.9 Å². The minimum Gasteiger partial charge on any atom is -0.406 e. The number of amides is 1. The highest BCUT2D eigenvalue weighted by atomic mass is 16.4. The summed E-state index contributed by atoms with van der Waals surface area (Å²) < 4.78 is 5.45. The van der Waals surface area contributed by atoms with Crippen molar-refractivity contribution in [1.82, 2.24) is 20.4 Å². The second-order valence-corrected chi connectivity index (χ2v) is 4.85. The molecule has 1 aliphatic rings. The summed E-state index contributed by atoms with van der Waals surface area (Å²) in [7, 11) is 1.82. The van der Waals surface area contributed by atoms with Crippen LogP contribution in [0.3, 0.4) is 0 Å². The topological polar surface area (TPSA) is 83.3 Å². The average Bonchev–Trinajstić information content (AvgIpc) is 3.07. The molecule has 7 heteroatoms. The van der Waals surface area contributed by atoms with Gasteiger partial charge in [0.2, 0.25) is 11.8 Å². The van der Waals surface area contributed by atoms with Crippen LogP contribution in [-0.2, 0) is 4.79 Å². The predicted octanol–water partition coefficient (Wildman–Crippen LogP) is 0.773. The largest absolute Gasteiger partial charge is 0.406 e. The Morgan fingerprint density at radius 1 is 1.32 bits per heavy atom. The molecule has 2 N–H and O–H groups in total. The fourth-order valence-corrected chi connectivity index (χ4v) is 2.05. The molecule has 19 heavy (non-hydrogen) atoms. The van der Waals surface area contributed by atoms with E-state index in [4.69, 9.17) is 4.42 Å². The normalized spacial score (nSPS) is 18.4. The van der Waals surface area contributed by atoms with E-state index < -0.39 is 0 Å². The van der Waals surface area contributed by atoms with Crippen molar-refractivity contribution in [3.05, 3.63) is 5.89 Å². The molecule has 0 saturated carbocycles. The van der Waals surface area contributed by atoms with Crippen LogP contribution >= 0.6 is 0 Å². The van der Waals surface area contributed by atoms with Gasteiger partial charge in [-0.2, -0.15) is 0 Å². The van der Waals surface area contributed by atoms with Crippen LogP contribution in [0.5, 0.6) is 0 Å². The Balaban J connectivity index is 1.92. The summed E-state index contributed by atoms with van der Waals surface area (Å²) >= 11 is 0. The van der Waals surface area contributed by atoms with Crippen LogP contribution in [0.25, 0.3) is 0 Å². The van der Waals surface area contributed by atoms with Gasteiger partial charge in [-0.05, 0) is 33.7 Å². The zero-order valence-corrected chi connectivity index (χ0v) is 11.6. The number of hydrogen-bond acceptors (Lipinski definition) is 6. The van der Waals surface area contributed by atoms with E-state index in [1.807, 2.05) is 25.8 Å². The van der Waals surface area contributed by atoms with Crippen molar-refractivity contribution in [3.8, 4) is 0 Å². The first-order valence-corrected chi connectivity index (χ1v) is 6.68. The van der Waals surface area contributed by atoms with Gasteiger partial charge < -0.3 is 20.0 Å². The number of rotatable bonds is 5. The van der Waals surface area contributed by atoms with E-state index in [-0.39, 0.29) is 24.0 Å². The van der Waals surface area contributed by atoms with Crippen molar-refractivity contribution >= 4 is 11.9 Å². The molecule has 0 bridgehead atoms. The molecule has 1 saturated heterocycles. The van der Waals surface area contributed by atoms with Gasteiger partial charge in [0.1, 0.15) is 6.04 Å². The van der Waals surface area contributed by atoms with E-state index in [9.17, 15) is 4.79 Å². The van der Waals surface area contributed by atoms with Crippen molar-refractivity contribution in [2.75, 3.05) is 25.5 Å². The molecule has 0 spiro atoms. The molecule has 106 valence electrons. The minimum absolute atomic E-state index is 0.00682. The average molecular weight is 267 g/mol. The molecule has 2 heterocycles. The summed E-state index contributed by atoms with van der Waals surface area (Å²) in [5.74, 6) is 0.588. The molecule has 1 aromatic heterocycles. The zero-order valence-electron chi connectivity index (χ0n) is 11.6. The van der Waals surface area contributed by atoms with Crippen LogP contribution in [0.4, 0.5) is 6.01 Å². The monoisotopic (exact) mass is 267 g/mol. The number of likely N-dealkylation sites (tertiary alicyclic amines) is 1. The predicted molar refractivity (Wildman–Crippen MR) is 70.7 cm³/mol. The molecule has 1 amide bonds. The van der Waals surface area contributed by atoms with Crippen LogP contribution in [0.1, 0.15) is 38.6 Å². The van der Waals surface area contributed by atoms with E-state index in [0.29, 0.717) is 5.89 Å². The molecule has 2 rings (SSSR count). The zero-order chi connectivity index (χ0) is 13.8. The minimum atomic E-state index is -0.351. The highest BCUT2D eigenvalue weighted by Gasteiger charge is 2.24. The molecule has 1 aromatic rings. The fraction of sp³-hybridized carbons (Fsp3) is 0.750. The Labute approximate surface area is 112 Å². The first kappa shape index (κ1) is 13.8. The number of carbonyl (C=O) groups excluding carboxylic acids is 1. The maximum absolute atomic E-state index is 12.1. The molecule has 0 aromatic carbocycles. The summed E-state index contributed by atoms with van der Waals surface area (Å²) in [6, 6.07) is -0.0684. The van der Waals surface area contributed by atoms with E-state index in [1.165, 1.54) is 0 Å². The van der Waals surface area contributed by atoms with Gasteiger partial charge in [-0.25, -0.2) is 0 Å². The first-order chi connectivity index (χ1) is 9.11. The maximum atomic E-state index is 12.1. The third-order valence-corrected chi connectivity index (χ3v) is 3.37. The number of hydrogen-bond donors (Lipinski definition) is 2. The number of anilines is 1. The van der Waals surface area contributed by atoms with Gasteiger partial charge in [0.05, 0.1) is 6.04 Å². The lowest BCUT2D eigenvalue weighted by atomic mass is 10.3. The molecular formula is C12H21N5O2. The molecule has 1 aliphatic heterocycles. The molecule has 7 nitrogen and oxygen atoms in total. The van der Waals surface area contributed by atoms with Crippen LogP contribution < -0.4 is 10.6 Å². The fourth-order valence-electron chi connectivity index (χ4n) is 2.05. The van der Waals surface area contributed by atoms with Crippen LogP contribution in [0, 0.1) is 0 Å². The Hall–Kier alpha value is -1.63. The van der Waals surface area contributed by atoms with Crippen LogP contribution in [0.2, 0.25) is 0 Å². The Morgan fingerprint density at radius 3 is 2.63 bits per heavy atom. The van der Waals surface area contributed by atoms with Crippen molar-refractivity contribution < 1.29 is 9.21 Å². The molecule has 0 radical (unpaired) electrons. The lowest BCUT2D eigenvalue weighted by Crippen LogP contribution is -2.39. The second-order valence-electron chi connectivity index (χ2n) is 4.85. The van der Waals surface area contributed by atoms with Crippen molar-refractivity contribution in [3.63, 3.8) is 0 Å². The smallest absolute Gasteiger partial charge is 0.316 e. The summed E-state index contributed by atoms with van der Waals surface area (Å²) in [5, 5.41) is 13.8. The number of nitrogens with one attached hydrogen (secondary N) is 2. The van der Waals surface area contributed by atoms with Gasteiger partial charge in [-0.1, -0.05) is 5.10 Å². The highest BCUT2D eigenvalue weighted by molar-refractivity contribution is 5.83. The molecule has 2 unspecified atom stereocenters. The number of aromatic nitrogens is 2. The second kappa shape index (κ2) is 6.01. The van der Waals surface area contributed by atoms with Crippen LogP contribution in [0.15, 0.2) is 4.42 Å². The van der Waals surface area contributed by atoms with Gasteiger partial charge in [0.25, 0.3) is 0 Å². The lowest BCUT2D eigenvalue weighted by Gasteiger charge is -2.20. The van der Waals surface area contributed by atoms with Gasteiger partial charge in [0, 0.05) is 13.1 Å². The van der Waals surface area contributed by atoms with Crippen molar-refractivity contribution in [2.45, 2.75) is 38.8 Å². The Kier molecular flexibility index (Phi) is 4.36. The Morgan fingerprint density at radius 2 is 2.00 bits per heavy atom. The number of carbonyl (C=O) groups is 1. The van der Waals surface area contributed by atoms with E-state index >= 15 is 0 Å². The number of nitrogens with zero attached hydrogens (tertiary/aromatic N) is 3. The van der Waals surface area contributed by atoms with E-state index in [1.54, 1.807) is 0 Å². The van der Waals surface area contributed by atoms with Crippen molar-refractivity contribution in [1.29, 1.82) is 0 Å². The standard InChI is InChI=1S/C12H21N5O2/c1-8(13-3)10-15-16-12(19-10)14-9(2)11(18)17-6-4-5-7-17/h8-9,13H,4-7H2,1-3H3,(H,14,16). The van der Waals surface area contributed by atoms with E-state index in [2.05, 4.69) is 20.8 Å². The van der Waals surface area contributed by atoms with Gasteiger partial charge in [-0.3, -0.25) is 4.79 Å². The molecular weight excluding hydrogens is 246 g/mol. The summed E-state index contributed by atoms with van der Waals surface area (Å²) in [6.45, 7) is 5.43. The maximum Gasteiger partial charge on any atom is 0.316 e. The highest BCUT2D eigenvalue weighted by Crippen LogP contribution is 2.15.